The predicted octanol–water partition coefficient (Wildman–Crippen LogP) is 4.17. The normalized spacial score (nSPS) is 20.3. The molecule has 0 spiro atoms. The number of Topliss-reactive ketones (excluding diaryl/α,β-unsaturated/α-hetero) is 1. The molecule has 6 heteroatoms. The minimum absolute atomic E-state index is 0.151. The molecule has 3 aromatic rings. The van der Waals surface area contributed by atoms with Gasteiger partial charge in [-0.1, -0.05) is 30.3 Å². The average molecular weight is 409 g/mol. The Hall–Kier alpha value is -2.44. The molecule has 2 heterocycles. The molecule has 1 aliphatic heterocycles. The second-order valence-corrected chi connectivity index (χ2v) is 10.1. The Kier molecular flexibility index (Phi) is 4.37. The molecule has 1 unspecified atom stereocenters. The first kappa shape index (κ1) is 18.6. The van der Waals surface area contributed by atoms with E-state index in [2.05, 4.69) is 17.1 Å². The van der Waals surface area contributed by atoms with Crippen LogP contribution in [-0.2, 0) is 16.4 Å². The number of carbonyl (C=O) groups is 1. The zero-order valence-electron chi connectivity index (χ0n) is 16.4. The summed E-state index contributed by atoms with van der Waals surface area (Å²) < 4.78 is 28.5. The van der Waals surface area contributed by atoms with Gasteiger partial charge in [0.1, 0.15) is 0 Å². The van der Waals surface area contributed by atoms with Crippen LogP contribution >= 0.6 is 0 Å². The monoisotopic (exact) mass is 408 g/mol. The third-order valence-electron chi connectivity index (χ3n) is 6.32. The number of H-pyrrole nitrogens is 1. The molecule has 1 aliphatic carbocycles. The molecule has 1 N–H and O–H groups in total. The molecular formula is C23H24N2O3S. The number of benzene rings is 2. The number of hydrogen-bond acceptors (Lipinski definition) is 3. The summed E-state index contributed by atoms with van der Waals surface area (Å²) in [5.41, 5.74) is 4.32. The summed E-state index contributed by atoms with van der Waals surface area (Å²) in [5.74, 6) is 0.378. The van der Waals surface area contributed by atoms with Crippen molar-refractivity contribution < 1.29 is 13.2 Å². The Morgan fingerprint density at radius 3 is 2.69 bits per heavy atom. The van der Waals surface area contributed by atoms with Crippen molar-refractivity contribution in [1.29, 1.82) is 0 Å². The molecule has 5 rings (SSSR count). The fourth-order valence-electron chi connectivity index (χ4n) is 4.80. The van der Waals surface area contributed by atoms with Gasteiger partial charge in [-0.15, -0.1) is 0 Å². The average Bonchev–Trinajstić information content (AvgIpc) is 3.34. The molecule has 0 bridgehead atoms. The number of carbonyl (C=O) groups excluding carboxylic acids is 1. The van der Waals surface area contributed by atoms with Crippen molar-refractivity contribution in [3.63, 3.8) is 0 Å². The van der Waals surface area contributed by atoms with Crippen LogP contribution in [0.2, 0.25) is 0 Å². The molecule has 0 saturated carbocycles. The number of aromatic nitrogens is 1. The highest BCUT2D eigenvalue weighted by molar-refractivity contribution is 7.89. The maximum atomic E-state index is 13.4. The summed E-state index contributed by atoms with van der Waals surface area (Å²) in [6.07, 6.45) is 3.07. The van der Waals surface area contributed by atoms with Crippen LogP contribution in [0.5, 0.6) is 0 Å². The first-order chi connectivity index (χ1) is 13.9. The van der Waals surface area contributed by atoms with Gasteiger partial charge in [0.15, 0.2) is 5.78 Å². The Morgan fingerprint density at radius 1 is 1.10 bits per heavy atom. The first-order valence-electron chi connectivity index (χ1n) is 10.2. The van der Waals surface area contributed by atoms with Crippen molar-refractivity contribution in [2.45, 2.75) is 43.4 Å². The molecular weight excluding hydrogens is 384 g/mol. The van der Waals surface area contributed by atoms with Gasteiger partial charge < -0.3 is 4.98 Å². The van der Waals surface area contributed by atoms with Gasteiger partial charge in [-0.3, -0.25) is 4.79 Å². The molecule has 1 fully saturated rings. The highest BCUT2D eigenvalue weighted by Crippen LogP contribution is 2.35. The fourth-order valence-corrected chi connectivity index (χ4v) is 6.54. The lowest BCUT2D eigenvalue weighted by molar-refractivity contribution is 0.0974. The summed E-state index contributed by atoms with van der Waals surface area (Å²) in [6.45, 7) is 2.85. The maximum Gasteiger partial charge on any atom is 0.243 e. The van der Waals surface area contributed by atoms with Gasteiger partial charge >= 0.3 is 0 Å². The van der Waals surface area contributed by atoms with E-state index in [9.17, 15) is 13.2 Å². The third-order valence-corrected chi connectivity index (χ3v) is 8.33. The quantitative estimate of drug-likeness (QED) is 0.707. The maximum absolute atomic E-state index is 13.4. The van der Waals surface area contributed by atoms with E-state index in [1.165, 1.54) is 5.56 Å². The predicted molar refractivity (Wildman–Crippen MR) is 113 cm³/mol. The van der Waals surface area contributed by atoms with Gasteiger partial charge in [0.05, 0.1) is 4.90 Å². The largest absolute Gasteiger partial charge is 0.358 e. The van der Waals surface area contributed by atoms with E-state index < -0.39 is 10.0 Å². The van der Waals surface area contributed by atoms with Crippen LogP contribution in [0.25, 0.3) is 10.9 Å². The van der Waals surface area contributed by atoms with Crippen molar-refractivity contribution in [3.05, 3.63) is 64.8 Å². The Morgan fingerprint density at radius 2 is 1.90 bits per heavy atom. The molecule has 5 nitrogen and oxygen atoms in total. The summed E-state index contributed by atoms with van der Waals surface area (Å²) in [7, 11) is -3.59. The molecule has 2 aliphatic rings. The summed E-state index contributed by atoms with van der Waals surface area (Å²) in [4.78, 5) is 16.0. The van der Waals surface area contributed by atoms with E-state index in [0.717, 1.165) is 41.4 Å². The zero-order valence-corrected chi connectivity index (χ0v) is 17.3. The highest BCUT2D eigenvalue weighted by Gasteiger charge is 2.34. The van der Waals surface area contributed by atoms with Gasteiger partial charge in [0.25, 0.3) is 0 Å². The van der Waals surface area contributed by atoms with E-state index in [1.807, 2.05) is 31.2 Å². The molecule has 0 radical (unpaired) electrons. The molecule has 1 saturated heterocycles. The second kappa shape index (κ2) is 6.82. The number of sulfonamides is 1. The lowest BCUT2D eigenvalue weighted by Crippen LogP contribution is -2.29. The number of ketones is 1. The number of nitrogens with one attached hydrogen (secondary N) is 1. The number of nitrogens with zero attached hydrogens (tertiary/aromatic N) is 1. The number of hydrogen-bond donors (Lipinski definition) is 1. The van der Waals surface area contributed by atoms with Crippen molar-refractivity contribution in [2.75, 3.05) is 13.1 Å². The van der Waals surface area contributed by atoms with Gasteiger partial charge in [-0.2, -0.15) is 4.31 Å². The van der Waals surface area contributed by atoms with Crippen LogP contribution in [-0.4, -0.2) is 36.6 Å². The highest BCUT2D eigenvalue weighted by atomic mass is 32.2. The van der Waals surface area contributed by atoms with Crippen molar-refractivity contribution >= 4 is 26.7 Å². The lowest BCUT2D eigenvalue weighted by Gasteiger charge is -2.18. The van der Waals surface area contributed by atoms with Crippen LogP contribution in [0.15, 0.2) is 47.4 Å². The second-order valence-electron chi connectivity index (χ2n) is 8.18. The van der Waals surface area contributed by atoms with E-state index in [1.54, 1.807) is 10.4 Å². The van der Waals surface area contributed by atoms with E-state index >= 15 is 0 Å². The number of aryl methyl sites for hydroxylation is 2. The van der Waals surface area contributed by atoms with Gasteiger partial charge in [0.2, 0.25) is 10.0 Å². The number of rotatable bonds is 3. The smallest absolute Gasteiger partial charge is 0.243 e. The number of fused-ring (bicyclic) bond motifs is 3. The molecule has 29 heavy (non-hydrogen) atoms. The minimum Gasteiger partial charge on any atom is -0.358 e. The third kappa shape index (κ3) is 3.02. The standard InChI is InChI=1S/C23H24N2O3S/c1-15-12-18-20(24-19-8-5-9-21(26)23(18)19)13-22(15)29(27,28)25-11-10-17(14-25)16-6-3-2-4-7-16/h2-4,6-7,12-13,17,24H,5,8-11,14H2,1H3. The fraction of sp³-hybridized carbons (Fsp3) is 0.348. The SMILES string of the molecule is Cc1cc2c3c([nH]c2cc1S(=O)(=O)N1CCC(c2ccccc2)C1)CCCC3=O. The van der Waals surface area contributed by atoms with Crippen LogP contribution < -0.4 is 0 Å². The lowest BCUT2D eigenvalue weighted by atomic mass is 9.94. The Bertz CT molecular complexity index is 1210. The molecule has 1 atom stereocenters. The molecule has 150 valence electrons. The van der Waals surface area contributed by atoms with Gasteiger partial charge in [-0.25, -0.2) is 8.42 Å². The van der Waals surface area contributed by atoms with Crippen molar-refractivity contribution in [3.8, 4) is 0 Å². The van der Waals surface area contributed by atoms with Crippen LogP contribution in [0.4, 0.5) is 0 Å². The summed E-state index contributed by atoms with van der Waals surface area (Å²) in [6, 6.07) is 13.7. The topological polar surface area (TPSA) is 70.2 Å². The van der Waals surface area contributed by atoms with Crippen LogP contribution in [0.3, 0.4) is 0 Å². The summed E-state index contributed by atoms with van der Waals surface area (Å²) in [5, 5.41) is 0.852. The zero-order chi connectivity index (χ0) is 20.2. The van der Waals surface area contributed by atoms with Crippen molar-refractivity contribution in [1.82, 2.24) is 9.29 Å². The van der Waals surface area contributed by atoms with Crippen LogP contribution in [0, 0.1) is 6.92 Å². The van der Waals surface area contributed by atoms with E-state index in [4.69, 9.17) is 0 Å². The van der Waals surface area contributed by atoms with E-state index in [-0.39, 0.29) is 11.7 Å². The Labute approximate surface area is 170 Å². The molecule has 2 aromatic carbocycles. The summed E-state index contributed by atoms with van der Waals surface area (Å²) >= 11 is 0. The number of aromatic amines is 1. The first-order valence-corrected chi connectivity index (χ1v) is 11.6. The van der Waals surface area contributed by atoms with Crippen molar-refractivity contribution in [2.24, 2.45) is 0 Å². The molecule has 1 aromatic heterocycles. The minimum atomic E-state index is -3.59. The van der Waals surface area contributed by atoms with Crippen LogP contribution in [0.1, 0.15) is 52.4 Å². The molecule has 0 amide bonds. The van der Waals surface area contributed by atoms with Gasteiger partial charge in [-0.05, 0) is 55.4 Å². The van der Waals surface area contributed by atoms with Gasteiger partial charge in [0, 0.05) is 41.7 Å². The Balaban J connectivity index is 1.51. The van der Waals surface area contributed by atoms with E-state index in [0.29, 0.717) is 30.0 Å².